The second-order valence-electron chi connectivity index (χ2n) is 5.65. The van der Waals surface area contributed by atoms with Crippen LogP contribution in [0.5, 0.6) is 5.75 Å². The van der Waals surface area contributed by atoms with Gasteiger partial charge in [-0.2, -0.15) is 13.2 Å². The van der Waals surface area contributed by atoms with Crippen LogP contribution in [0.4, 0.5) is 13.2 Å². The van der Waals surface area contributed by atoms with Crippen molar-refractivity contribution in [2.45, 2.75) is 18.8 Å². The first-order valence-corrected chi connectivity index (χ1v) is 8.12. The molecule has 1 aromatic heterocycles. The topological polar surface area (TPSA) is 80.3 Å². The summed E-state index contributed by atoms with van der Waals surface area (Å²) in [5.74, 6) is -1.37. The highest BCUT2D eigenvalue weighted by molar-refractivity contribution is 5.94. The number of benzene rings is 1. The van der Waals surface area contributed by atoms with Crippen LogP contribution < -0.4 is 15.4 Å². The van der Waals surface area contributed by atoms with Gasteiger partial charge in [0.2, 0.25) is 5.91 Å². The fourth-order valence-electron chi connectivity index (χ4n) is 2.42. The maximum Gasteiger partial charge on any atom is 0.413 e. The maximum absolute atomic E-state index is 13.6. The Kier molecular flexibility index (Phi) is 6.75. The molecule has 0 bridgehead atoms. The van der Waals surface area contributed by atoms with Gasteiger partial charge in [0.1, 0.15) is 5.75 Å². The Balaban J connectivity index is 2.25. The number of nitrogens with zero attached hydrogens (tertiary/aromatic N) is 1. The minimum absolute atomic E-state index is 0.00117. The lowest BCUT2D eigenvalue weighted by molar-refractivity contribution is -0.155. The third-order valence-electron chi connectivity index (χ3n) is 3.76. The van der Waals surface area contributed by atoms with Gasteiger partial charge >= 0.3 is 6.18 Å². The number of aromatic nitrogens is 1. The molecule has 28 heavy (non-hydrogen) atoms. The average molecular weight is 393 g/mol. The smallest absolute Gasteiger partial charge is 0.413 e. The second kappa shape index (κ2) is 9.03. The van der Waals surface area contributed by atoms with E-state index in [-0.39, 0.29) is 23.4 Å². The molecule has 1 atom stereocenters. The molecule has 1 heterocycles. The predicted octanol–water partition coefficient (Wildman–Crippen LogP) is 2.93. The molecule has 2 rings (SSSR count). The van der Waals surface area contributed by atoms with Crippen molar-refractivity contribution in [2.75, 3.05) is 7.11 Å². The summed E-state index contributed by atoms with van der Waals surface area (Å²) in [5, 5.41) is 4.47. The molecule has 0 saturated carbocycles. The minimum atomic E-state index is -4.74. The fourth-order valence-corrected chi connectivity index (χ4v) is 2.42. The van der Waals surface area contributed by atoms with E-state index in [4.69, 9.17) is 4.74 Å². The van der Waals surface area contributed by atoms with Crippen molar-refractivity contribution in [1.82, 2.24) is 15.6 Å². The molecule has 2 N–H and O–H groups in total. The summed E-state index contributed by atoms with van der Waals surface area (Å²) in [7, 11) is 1.25. The number of methoxy groups -OCH3 is 1. The third kappa shape index (κ3) is 5.32. The number of hydrogen-bond donors (Lipinski definition) is 2. The van der Waals surface area contributed by atoms with Gasteiger partial charge in [0.15, 0.2) is 6.04 Å². The molecule has 148 valence electrons. The number of carbonyl (C=O) groups excluding carboxylic acids is 2. The molecule has 0 aliphatic rings. The number of carbonyl (C=O) groups is 2. The number of ether oxygens (including phenoxy) is 1. The van der Waals surface area contributed by atoms with Gasteiger partial charge in [-0.1, -0.05) is 24.8 Å². The summed E-state index contributed by atoms with van der Waals surface area (Å²) < 4.78 is 45.7. The van der Waals surface area contributed by atoms with Gasteiger partial charge in [-0.25, -0.2) is 0 Å². The van der Waals surface area contributed by atoms with Gasteiger partial charge in [0.25, 0.3) is 5.91 Å². The number of hydrogen-bond acceptors (Lipinski definition) is 4. The van der Waals surface area contributed by atoms with Crippen LogP contribution in [0, 0.1) is 0 Å². The van der Waals surface area contributed by atoms with Gasteiger partial charge in [-0.3, -0.25) is 14.6 Å². The first-order chi connectivity index (χ1) is 13.3. The Bertz CT molecular complexity index is 869. The maximum atomic E-state index is 13.6. The number of amides is 2. The van der Waals surface area contributed by atoms with E-state index >= 15 is 0 Å². The van der Waals surface area contributed by atoms with E-state index in [9.17, 15) is 22.8 Å². The zero-order chi connectivity index (χ0) is 20.7. The molecule has 0 radical (unpaired) electrons. The van der Waals surface area contributed by atoms with E-state index in [1.54, 1.807) is 0 Å². The average Bonchev–Trinajstić information content (AvgIpc) is 2.69. The number of halogens is 3. The Hall–Kier alpha value is -3.36. The van der Waals surface area contributed by atoms with Crippen molar-refractivity contribution in [3.05, 3.63) is 72.1 Å². The molecule has 6 nitrogen and oxygen atoms in total. The van der Waals surface area contributed by atoms with E-state index < -0.39 is 24.0 Å². The van der Waals surface area contributed by atoms with Crippen molar-refractivity contribution in [1.29, 1.82) is 0 Å². The van der Waals surface area contributed by atoms with E-state index in [1.165, 1.54) is 49.7 Å². The van der Waals surface area contributed by atoms with Crippen LogP contribution in [0.3, 0.4) is 0 Å². The van der Waals surface area contributed by atoms with Crippen LogP contribution in [-0.4, -0.2) is 30.1 Å². The molecule has 2 aromatic rings. The van der Waals surface area contributed by atoms with Crippen molar-refractivity contribution in [3.63, 3.8) is 0 Å². The number of rotatable bonds is 7. The summed E-state index contributed by atoms with van der Waals surface area (Å²) in [6, 6.07) is 5.90. The molecule has 1 aromatic carbocycles. The van der Waals surface area contributed by atoms with Gasteiger partial charge in [0.05, 0.1) is 19.3 Å². The van der Waals surface area contributed by atoms with E-state index in [0.29, 0.717) is 5.69 Å². The van der Waals surface area contributed by atoms with Crippen molar-refractivity contribution in [3.8, 4) is 5.75 Å². The molecule has 0 saturated heterocycles. The van der Waals surface area contributed by atoms with Crippen molar-refractivity contribution in [2.24, 2.45) is 0 Å². The summed E-state index contributed by atoms with van der Waals surface area (Å²) in [5.41, 5.74) is 0.0732. The van der Waals surface area contributed by atoms with E-state index in [0.717, 1.165) is 6.08 Å². The number of nitrogens with one attached hydrogen (secondary N) is 2. The van der Waals surface area contributed by atoms with Crippen molar-refractivity contribution < 1.29 is 27.5 Å². The standard InChI is InChI=1S/C19H18F3N3O3/c1-3-16(26)24-11-13-10-12(8-9-23-13)18(27)25-17(19(20,21)22)14-6-4-5-7-15(14)28-2/h3-10,17H,1,11H2,2H3,(H,24,26)(H,25,27). The SMILES string of the molecule is C=CC(=O)NCc1cc(C(=O)NC(c2ccccc2OC)C(F)(F)F)ccn1. The molecule has 0 aliphatic carbocycles. The molecule has 1 unspecified atom stereocenters. The predicted molar refractivity (Wildman–Crippen MR) is 95.5 cm³/mol. The highest BCUT2D eigenvalue weighted by Gasteiger charge is 2.43. The zero-order valence-corrected chi connectivity index (χ0v) is 14.9. The van der Waals surface area contributed by atoms with Crippen LogP contribution in [-0.2, 0) is 11.3 Å². The summed E-state index contributed by atoms with van der Waals surface area (Å²) in [6.07, 6.45) is -2.40. The Morgan fingerprint density at radius 3 is 2.64 bits per heavy atom. The van der Waals surface area contributed by atoms with Crippen LogP contribution in [0.15, 0.2) is 55.3 Å². The Morgan fingerprint density at radius 1 is 1.29 bits per heavy atom. The number of para-hydroxylation sites is 1. The summed E-state index contributed by atoms with van der Waals surface area (Å²) in [6.45, 7) is 3.31. The monoisotopic (exact) mass is 393 g/mol. The molecule has 9 heteroatoms. The van der Waals surface area contributed by atoms with Crippen LogP contribution in [0.25, 0.3) is 0 Å². The van der Waals surface area contributed by atoms with E-state index in [1.807, 2.05) is 5.32 Å². The highest BCUT2D eigenvalue weighted by Crippen LogP contribution is 2.37. The molecule has 0 spiro atoms. The normalized spacial score (nSPS) is 12.0. The summed E-state index contributed by atoms with van der Waals surface area (Å²) in [4.78, 5) is 27.6. The largest absolute Gasteiger partial charge is 0.496 e. The third-order valence-corrected chi connectivity index (χ3v) is 3.76. The zero-order valence-electron chi connectivity index (χ0n) is 14.9. The molecule has 2 amide bonds. The van der Waals surface area contributed by atoms with Gasteiger partial charge in [0, 0.05) is 17.3 Å². The van der Waals surface area contributed by atoms with Crippen LogP contribution in [0.1, 0.15) is 27.7 Å². The van der Waals surface area contributed by atoms with Crippen LogP contribution >= 0.6 is 0 Å². The van der Waals surface area contributed by atoms with Crippen LogP contribution in [0.2, 0.25) is 0 Å². The lowest BCUT2D eigenvalue weighted by atomic mass is 10.0. The molecule has 0 aliphatic heterocycles. The van der Waals surface area contributed by atoms with Gasteiger partial charge < -0.3 is 15.4 Å². The van der Waals surface area contributed by atoms with Crippen molar-refractivity contribution >= 4 is 11.8 Å². The molecule has 0 fully saturated rings. The van der Waals surface area contributed by atoms with Gasteiger partial charge in [-0.15, -0.1) is 0 Å². The second-order valence-corrected chi connectivity index (χ2v) is 5.65. The highest BCUT2D eigenvalue weighted by atomic mass is 19.4. The molecular formula is C19H18F3N3O3. The Labute approximate surface area is 159 Å². The van der Waals surface area contributed by atoms with Gasteiger partial charge in [-0.05, 0) is 24.3 Å². The van der Waals surface area contributed by atoms with E-state index in [2.05, 4.69) is 16.9 Å². The first-order valence-electron chi connectivity index (χ1n) is 8.12. The lowest BCUT2D eigenvalue weighted by Crippen LogP contribution is -2.38. The summed E-state index contributed by atoms with van der Waals surface area (Å²) >= 11 is 0. The lowest BCUT2D eigenvalue weighted by Gasteiger charge is -2.23. The minimum Gasteiger partial charge on any atom is -0.496 e. The Morgan fingerprint density at radius 2 is 2.00 bits per heavy atom. The first kappa shape index (κ1) is 20.9. The number of alkyl halides is 3. The quantitative estimate of drug-likeness (QED) is 0.709. The fraction of sp³-hybridized carbons (Fsp3) is 0.211. The number of pyridine rings is 1. The molecular weight excluding hydrogens is 375 g/mol.